The van der Waals surface area contributed by atoms with Gasteiger partial charge in [0.05, 0.1) is 30.8 Å². The van der Waals surface area contributed by atoms with Crippen molar-refractivity contribution < 1.29 is 22.7 Å². The average molecular weight is 301 g/mol. The van der Waals surface area contributed by atoms with E-state index >= 15 is 0 Å². The lowest BCUT2D eigenvalue weighted by molar-refractivity contribution is 0.136. The minimum absolute atomic E-state index is 0.0462. The Labute approximate surface area is 117 Å². The van der Waals surface area contributed by atoms with Gasteiger partial charge in [0.25, 0.3) is 0 Å². The Kier molecular flexibility index (Phi) is 3.53. The van der Waals surface area contributed by atoms with E-state index in [1.165, 1.54) is 16.4 Å². The first-order valence-corrected chi connectivity index (χ1v) is 7.95. The quantitative estimate of drug-likeness (QED) is 0.887. The molecule has 7 heteroatoms. The van der Waals surface area contributed by atoms with Gasteiger partial charge in [0.2, 0.25) is 10.0 Å². The fraction of sp³-hybridized carbons (Fsp3) is 0.538. The Morgan fingerprint density at radius 2 is 2.00 bits per heavy atom. The van der Waals surface area contributed by atoms with Gasteiger partial charge in [-0.3, -0.25) is 0 Å². The van der Waals surface area contributed by atoms with E-state index in [-0.39, 0.29) is 23.5 Å². The van der Waals surface area contributed by atoms with Gasteiger partial charge in [-0.2, -0.15) is 4.31 Å². The van der Waals surface area contributed by atoms with Crippen LogP contribution in [0.25, 0.3) is 0 Å². The Morgan fingerprint density at radius 1 is 1.30 bits per heavy atom. The Bertz CT molecular complexity index is 589. The molecule has 0 saturated carbocycles. The molecule has 3 rings (SSSR count). The van der Waals surface area contributed by atoms with E-state index in [0.29, 0.717) is 19.6 Å². The smallest absolute Gasteiger partial charge is 0.243 e. The van der Waals surface area contributed by atoms with Crippen molar-refractivity contribution in [2.45, 2.75) is 23.4 Å². The molecule has 2 heterocycles. The summed E-state index contributed by atoms with van der Waals surface area (Å²) in [5.41, 5.74) is 0. The highest BCUT2D eigenvalue weighted by Gasteiger charge is 2.49. The monoisotopic (exact) mass is 301 g/mol. The normalized spacial score (nSPS) is 30.6. The summed E-state index contributed by atoms with van der Waals surface area (Å²) in [6, 6.07) is 4.09. The van der Waals surface area contributed by atoms with Gasteiger partial charge in [0.15, 0.2) is 0 Å². The predicted molar refractivity (Wildman–Crippen MR) is 69.0 cm³/mol. The third-order valence-corrected chi connectivity index (χ3v) is 6.02. The minimum atomic E-state index is -3.74. The van der Waals surface area contributed by atoms with Gasteiger partial charge in [-0.25, -0.2) is 12.8 Å². The molecule has 0 bridgehead atoms. The number of aliphatic hydroxyl groups is 1. The number of nitrogens with zero attached hydrogens (tertiary/aromatic N) is 1. The summed E-state index contributed by atoms with van der Waals surface area (Å²) in [6.07, 6.45) is 0.599. The highest BCUT2D eigenvalue weighted by molar-refractivity contribution is 7.89. The summed E-state index contributed by atoms with van der Waals surface area (Å²) >= 11 is 0. The van der Waals surface area contributed by atoms with E-state index < -0.39 is 21.9 Å². The molecule has 1 N–H and O–H groups in total. The van der Waals surface area contributed by atoms with E-state index in [2.05, 4.69) is 0 Å². The zero-order valence-corrected chi connectivity index (χ0v) is 11.6. The maximum absolute atomic E-state index is 12.9. The second kappa shape index (κ2) is 5.07. The van der Waals surface area contributed by atoms with Gasteiger partial charge in [-0.05, 0) is 30.7 Å². The number of fused-ring (bicyclic) bond motifs is 1. The molecule has 0 aromatic heterocycles. The molecule has 2 aliphatic heterocycles. The molecule has 0 aliphatic carbocycles. The summed E-state index contributed by atoms with van der Waals surface area (Å²) in [5, 5.41) is 9.44. The Hall–Kier alpha value is -1.02. The first-order chi connectivity index (χ1) is 9.54. The second-order valence-electron chi connectivity index (χ2n) is 5.23. The topological polar surface area (TPSA) is 66.8 Å². The molecule has 2 aliphatic rings. The third-order valence-electron chi connectivity index (χ3n) is 4.03. The number of hydrogen-bond donors (Lipinski definition) is 1. The molecule has 1 aromatic rings. The maximum atomic E-state index is 12.9. The van der Waals surface area contributed by atoms with E-state index in [9.17, 15) is 17.9 Å². The number of aliphatic hydroxyl groups excluding tert-OH is 1. The summed E-state index contributed by atoms with van der Waals surface area (Å²) in [6.45, 7) is 0.658. The van der Waals surface area contributed by atoms with Crippen LogP contribution in [0.3, 0.4) is 0 Å². The summed E-state index contributed by atoms with van der Waals surface area (Å²) in [4.78, 5) is 0.0462. The van der Waals surface area contributed by atoms with Gasteiger partial charge < -0.3 is 9.84 Å². The van der Waals surface area contributed by atoms with Crippen molar-refractivity contribution >= 4 is 10.0 Å². The number of halogens is 1. The largest absolute Gasteiger partial charge is 0.395 e. The Morgan fingerprint density at radius 3 is 2.65 bits per heavy atom. The molecular weight excluding hydrogens is 285 g/mol. The molecule has 3 atom stereocenters. The number of benzene rings is 1. The first kappa shape index (κ1) is 13.9. The SMILES string of the molecule is O=S(=O)(c1ccc(F)cc1)N1[C@H](CO)C[C@H]2COC[C@@H]21. The van der Waals surface area contributed by atoms with Gasteiger partial charge in [-0.15, -0.1) is 0 Å². The summed E-state index contributed by atoms with van der Waals surface area (Å²) in [7, 11) is -3.74. The summed E-state index contributed by atoms with van der Waals surface area (Å²) in [5.74, 6) is -0.353. The van der Waals surface area contributed by atoms with Crippen LogP contribution in [0.4, 0.5) is 4.39 Å². The van der Waals surface area contributed by atoms with Gasteiger partial charge in [0, 0.05) is 12.0 Å². The van der Waals surface area contributed by atoms with Crippen LogP contribution < -0.4 is 0 Å². The summed E-state index contributed by atoms with van der Waals surface area (Å²) < 4.78 is 45.0. The zero-order chi connectivity index (χ0) is 14.3. The molecule has 0 spiro atoms. The highest BCUT2D eigenvalue weighted by atomic mass is 32.2. The van der Waals surface area contributed by atoms with Crippen LogP contribution in [-0.4, -0.2) is 49.7 Å². The van der Waals surface area contributed by atoms with Crippen molar-refractivity contribution in [3.8, 4) is 0 Å². The molecule has 0 unspecified atom stereocenters. The van der Waals surface area contributed by atoms with Crippen LogP contribution in [0.5, 0.6) is 0 Å². The fourth-order valence-corrected chi connectivity index (χ4v) is 4.93. The van der Waals surface area contributed by atoms with Crippen LogP contribution >= 0.6 is 0 Å². The molecule has 0 radical (unpaired) electrons. The lowest BCUT2D eigenvalue weighted by Crippen LogP contribution is -2.44. The van der Waals surface area contributed by atoms with E-state index in [1.807, 2.05) is 0 Å². The number of sulfonamides is 1. The standard InChI is InChI=1S/C13H16FNO4S/c14-10-1-3-12(4-2-10)20(17,18)15-11(6-16)5-9-7-19-8-13(9)15/h1-4,9,11,13,16H,5-8H2/t9-,11-,13-/m0/s1. The first-order valence-electron chi connectivity index (χ1n) is 6.51. The third kappa shape index (κ3) is 2.14. The van der Waals surface area contributed by atoms with Crippen molar-refractivity contribution in [3.63, 3.8) is 0 Å². The van der Waals surface area contributed by atoms with Crippen molar-refractivity contribution in [2.75, 3.05) is 19.8 Å². The molecule has 1 aromatic carbocycles. The van der Waals surface area contributed by atoms with Gasteiger partial charge >= 0.3 is 0 Å². The second-order valence-corrected chi connectivity index (χ2v) is 7.07. The lowest BCUT2D eigenvalue weighted by atomic mass is 10.0. The van der Waals surface area contributed by atoms with Crippen molar-refractivity contribution in [1.29, 1.82) is 0 Å². The van der Waals surface area contributed by atoms with Crippen LogP contribution in [0.1, 0.15) is 6.42 Å². The number of hydrogen-bond acceptors (Lipinski definition) is 4. The number of ether oxygens (including phenoxy) is 1. The molecule has 20 heavy (non-hydrogen) atoms. The minimum Gasteiger partial charge on any atom is -0.395 e. The van der Waals surface area contributed by atoms with Crippen molar-refractivity contribution in [3.05, 3.63) is 30.1 Å². The molecule has 5 nitrogen and oxygen atoms in total. The maximum Gasteiger partial charge on any atom is 0.243 e. The zero-order valence-electron chi connectivity index (χ0n) is 10.8. The molecule has 110 valence electrons. The fourth-order valence-electron chi connectivity index (χ4n) is 3.08. The average Bonchev–Trinajstić information content (AvgIpc) is 2.98. The Balaban J connectivity index is 1.98. The van der Waals surface area contributed by atoms with Crippen molar-refractivity contribution in [2.24, 2.45) is 5.92 Å². The van der Waals surface area contributed by atoms with Crippen LogP contribution in [0, 0.1) is 11.7 Å². The van der Waals surface area contributed by atoms with Crippen molar-refractivity contribution in [1.82, 2.24) is 4.31 Å². The predicted octanol–water partition coefficient (Wildman–Crippen LogP) is 0.596. The van der Waals surface area contributed by atoms with E-state index in [4.69, 9.17) is 4.74 Å². The molecule has 2 saturated heterocycles. The van der Waals surface area contributed by atoms with Gasteiger partial charge in [0.1, 0.15) is 5.82 Å². The molecule has 0 amide bonds. The highest BCUT2D eigenvalue weighted by Crippen LogP contribution is 2.38. The lowest BCUT2D eigenvalue weighted by Gasteiger charge is -2.27. The van der Waals surface area contributed by atoms with Crippen LogP contribution in [-0.2, 0) is 14.8 Å². The van der Waals surface area contributed by atoms with Crippen LogP contribution in [0.2, 0.25) is 0 Å². The molecule has 2 fully saturated rings. The molecular formula is C13H16FNO4S. The van der Waals surface area contributed by atoms with E-state index in [0.717, 1.165) is 12.1 Å². The van der Waals surface area contributed by atoms with Crippen LogP contribution in [0.15, 0.2) is 29.2 Å². The van der Waals surface area contributed by atoms with Gasteiger partial charge in [-0.1, -0.05) is 0 Å². The van der Waals surface area contributed by atoms with E-state index in [1.54, 1.807) is 0 Å². The number of rotatable bonds is 3.